The van der Waals surface area contributed by atoms with E-state index in [0.29, 0.717) is 11.9 Å². The van der Waals surface area contributed by atoms with Gasteiger partial charge in [-0.25, -0.2) is 4.98 Å². The standard InChI is InChI=1S/C11H15N3/c1-2-8-14(9-6-7-9)11-5-3-4-10(12)13-11/h2-5,9H,1,6-8H2,(H2,12,13). The molecule has 0 spiro atoms. The molecule has 1 heterocycles. The molecule has 74 valence electrons. The maximum absolute atomic E-state index is 5.65. The zero-order valence-electron chi connectivity index (χ0n) is 8.19. The molecule has 0 aromatic carbocycles. The second-order valence-electron chi connectivity index (χ2n) is 3.59. The second kappa shape index (κ2) is 3.70. The highest BCUT2D eigenvalue weighted by molar-refractivity contribution is 5.47. The van der Waals surface area contributed by atoms with Gasteiger partial charge in [-0.3, -0.25) is 0 Å². The van der Waals surface area contributed by atoms with E-state index in [2.05, 4.69) is 16.5 Å². The summed E-state index contributed by atoms with van der Waals surface area (Å²) in [5.41, 5.74) is 5.65. The highest BCUT2D eigenvalue weighted by Crippen LogP contribution is 2.30. The highest BCUT2D eigenvalue weighted by Gasteiger charge is 2.29. The molecule has 1 aromatic heterocycles. The first-order valence-corrected chi connectivity index (χ1v) is 4.91. The maximum atomic E-state index is 5.65. The molecule has 2 N–H and O–H groups in total. The van der Waals surface area contributed by atoms with Crippen LogP contribution in [-0.2, 0) is 0 Å². The lowest BCUT2D eigenvalue weighted by Gasteiger charge is -2.21. The molecule has 2 rings (SSSR count). The van der Waals surface area contributed by atoms with Crippen LogP contribution in [0, 0.1) is 0 Å². The first-order chi connectivity index (χ1) is 6.81. The minimum Gasteiger partial charge on any atom is -0.384 e. The molecule has 0 radical (unpaired) electrons. The van der Waals surface area contributed by atoms with Gasteiger partial charge in [-0.15, -0.1) is 6.58 Å². The first-order valence-electron chi connectivity index (χ1n) is 4.91. The first kappa shape index (κ1) is 9.06. The van der Waals surface area contributed by atoms with E-state index >= 15 is 0 Å². The molecular weight excluding hydrogens is 174 g/mol. The Balaban J connectivity index is 2.20. The SMILES string of the molecule is C=CCN(c1cccc(N)n1)C1CC1. The largest absolute Gasteiger partial charge is 0.384 e. The molecule has 1 aliphatic carbocycles. The van der Waals surface area contributed by atoms with E-state index in [1.807, 2.05) is 24.3 Å². The number of nitrogens with zero attached hydrogens (tertiary/aromatic N) is 2. The number of anilines is 2. The number of hydrogen-bond acceptors (Lipinski definition) is 3. The monoisotopic (exact) mass is 189 g/mol. The summed E-state index contributed by atoms with van der Waals surface area (Å²) >= 11 is 0. The van der Waals surface area contributed by atoms with Crippen LogP contribution in [0.1, 0.15) is 12.8 Å². The summed E-state index contributed by atoms with van der Waals surface area (Å²) in [5.74, 6) is 1.55. The molecule has 0 aliphatic heterocycles. The van der Waals surface area contributed by atoms with Crippen molar-refractivity contribution in [2.75, 3.05) is 17.2 Å². The molecule has 1 aromatic rings. The quantitative estimate of drug-likeness (QED) is 0.734. The van der Waals surface area contributed by atoms with E-state index < -0.39 is 0 Å². The van der Waals surface area contributed by atoms with Crippen molar-refractivity contribution in [3.05, 3.63) is 30.9 Å². The summed E-state index contributed by atoms with van der Waals surface area (Å²) in [6.45, 7) is 4.61. The fourth-order valence-electron chi connectivity index (χ4n) is 1.55. The summed E-state index contributed by atoms with van der Waals surface area (Å²) < 4.78 is 0. The van der Waals surface area contributed by atoms with Crippen molar-refractivity contribution in [2.45, 2.75) is 18.9 Å². The average molecular weight is 189 g/mol. The number of pyridine rings is 1. The fourth-order valence-corrected chi connectivity index (χ4v) is 1.55. The van der Waals surface area contributed by atoms with E-state index in [0.717, 1.165) is 12.4 Å². The van der Waals surface area contributed by atoms with Crippen LogP contribution in [0.3, 0.4) is 0 Å². The van der Waals surface area contributed by atoms with Gasteiger partial charge < -0.3 is 10.6 Å². The van der Waals surface area contributed by atoms with Gasteiger partial charge in [0.1, 0.15) is 11.6 Å². The maximum Gasteiger partial charge on any atom is 0.131 e. The molecule has 1 saturated carbocycles. The summed E-state index contributed by atoms with van der Waals surface area (Å²) in [7, 11) is 0. The Kier molecular flexibility index (Phi) is 2.39. The third-order valence-corrected chi connectivity index (χ3v) is 2.36. The van der Waals surface area contributed by atoms with Crippen molar-refractivity contribution < 1.29 is 0 Å². The number of nitrogen functional groups attached to an aromatic ring is 1. The second-order valence-corrected chi connectivity index (χ2v) is 3.59. The lowest BCUT2D eigenvalue weighted by Crippen LogP contribution is -2.26. The van der Waals surface area contributed by atoms with Gasteiger partial charge >= 0.3 is 0 Å². The smallest absolute Gasteiger partial charge is 0.131 e. The lowest BCUT2D eigenvalue weighted by atomic mass is 10.3. The van der Waals surface area contributed by atoms with E-state index in [-0.39, 0.29) is 0 Å². The zero-order valence-corrected chi connectivity index (χ0v) is 8.19. The molecule has 0 saturated heterocycles. The van der Waals surface area contributed by atoms with Crippen LogP contribution in [0.15, 0.2) is 30.9 Å². The van der Waals surface area contributed by atoms with E-state index in [1.54, 1.807) is 0 Å². The van der Waals surface area contributed by atoms with Crippen LogP contribution >= 0.6 is 0 Å². The van der Waals surface area contributed by atoms with E-state index in [9.17, 15) is 0 Å². The van der Waals surface area contributed by atoms with Crippen LogP contribution in [0.4, 0.5) is 11.6 Å². The van der Waals surface area contributed by atoms with E-state index in [4.69, 9.17) is 5.73 Å². The minimum absolute atomic E-state index is 0.581. The van der Waals surface area contributed by atoms with Gasteiger partial charge in [0, 0.05) is 12.6 Å². The Morgan fingerprint density at radius 2 is 2.36 bits per heavy atom. The topological polar surface area (TPSA) is 42.1 Å². The van der Waals surface area contributed by atoms with Gasteiger partial charge in [-0.1, -0.05) is 12.1 Å². The van der Waals surface area contributed by atoms with Crippen molar-refractivity contribution in [3.63, 3.8) is 0 Å². The molecule has 0 unspecified atom stereocenters. The fraction of sp³-hybridized carbons (Fsp3) is 0.364. The Hall–Kier alpha value is -1.51. The predicted molar refractivity (Wildman–Crippen MR) is 59.2 cm³/mol. The van der Waals surface area contributed by atoms with Crippen molar-refractivity contribution in [1.82, 2.24) is 4.98 Å². The van der Waals surface area contributed by atoms with Gasteiger partial charge in [0.25, 0.3) is 0 Å². The molecule has 3 heteroatoms. The predicted octanol–water partition coefficient (Wildman–Crippen LogP) is 1.82. The normalized spacial score (nSPS) is 15.1. The van der Waals surface area contributed by atoms with Crippen molar-refractivity contribution >= 4 is 11.6 Å². The van der Waals surface area contributed by atoms with Crippen LogP contribution in [0.25, 0.3) is 0 Å². The van der Waals surface area contributed by atoms with Crippen molar-refractivity contribution in [1.29, 1.82) is 0 Å². The van der Waals surface area contributed by atoms with Crippen LogP contribution < -0.4 is 10.6 Å². The average Bonchev–Trinajstić information content (AvgIpc) is 2.97. The molecule has 0 bridgehead atoms. The Bertz CT molecular complexity index is 331. The zero-order chi connectivity index (χ0) is 9.97. The van der Waals surface area contributed by atoms with Gasteiger partial charge in [-0.05, 0) is 25.0 Å². The van der Waals surface area contributed by atoms with Gasteiger partial charge in [-0.2, -0.15) is 0 Å². The van der Waals surface area contributed by atoms with Gasteiger partial charge in [0.15, 0.2) is 0 Å². The molecule has 0 atom stereocenters. The molecule has 1 aliphatic rings. The van der Waals surface area contributed by atoms with Crippen LogP contribution in [-0.4, -0.2) is 17.6 Å². The Labute approximate surface area is 84.2 Å². The molecule has 3 nitrogen and oxygen atoms in total. The van der Waals surface area contributed by atoms with E-state index in [1.165, 1.54) is 12.8 Å². The Morgan fingerprint density at radius 3 is 2.93 bits per heavy atom. The summed E-state index contributed by atoms with van der Waals surface area (Å²) in [4.78, 5) is 6.56. The summed E-state index contributed by atoms with van der Waals surface area (Å²) in [6, 6.07) is 6.39. The van der Waals surface area contributed by atoms with Gasteiger partial charge in [0.05, 0.1) is 0 Å². The molecular formula is C11H15N3. The van der Waals surface area contributed by atoms with Crippen molar-refractivity contribution in [3.8, 4) is 0 Å². The van der Waals surface area contributed by atoms with Crippen molar-refractivity contribution in [2.24, 2.45) is 0 Å². The summed E-state index contributed by atoms with van der Waals surface area (Å²) in [5, 5.41) is 0. The highest BCUT2D eigenvalue weighted by atomic mass is 15.2. The molecule has 1 fully saturated rings. The molecule has 0 amide bonds. The number of aromatic nitrogens is 1. The number of hydrogen-bond donors (Lipinski definition) is 1. The van der Waals surface area contributed by atoms with Gasteiger partial charge in [0.2, 0.25) is 0 Å². The Morgan fingerprint density at radius 1 is 1.57 bits per heavy atom. The third kappa shape index (κ3) is 1.87. The molecule has 14 heavy (non-hydrogen) atoms. The number of rotatable bonds is 4. The summed E-state index contributed by atoms with van der Waals surface area (Å²) in [6.07, 6.45) is 4.41. The van der Waals surface area contributed by atoms with Crippen LogP contribution in [0.5, 0.6) is 0 Å². The number of nitrogens with two attached hydrogens (primary N) is 1. The third-order valence-electron chi connectivity index (χ3n) is 2.36. The lowest BCUT2D eigenvalue weighted by molar-refractivity contribution is 0.842. The minimum atomic E-state index is 0.581. The van der Waals surface area contributed by atoms with Crippen LogP contribution in [0.2, 0.25) is 0 Å².